The lowest BCUT2D eigenvalue weighted by molar-refractivity contribution is -0.387. The van der Waals surface area contributed by atoms with Gasteiger partial charge < -0.3 is 10.4 Å². The summed E-state index contributed by atoms with van der Waals surface area (Å²) < 4.78 is 26.8. The molecule has 0 aliphatic carbocycles. The Kier molecular flexibility index (Phi) is 4.23. The second-order valence-corrected chi connectivity index (χ2v) is 4.55. The van der Waals surface area contributed by atoms with Gasteiger partial charge in [0.15, 0.2) is 0 Å². The summed E-state index contributed by atoms with van der Waals surface area (Å²) in [6.07, 6.45) is 0. The maximum Gasteiger partial charge on any atom is 0.307 e. The van der Waals surface area contributed by atoms with Crippen LogP contribution in [0.25, 0.3) is 0 Å². The van der Waals surface area contributed by atoms with Gasteiger partial charge in [0.05, 0.1) is 15.6 Å². The minimum absolute atomic E-state index is 0.0356. The number of rotatable bonds is 4. The lowest BCUT2D eigenvalue weighted by Crippen LogP contribution is -2.04. The molecule has 110 valence electrons. The van der Waals surface area contributed by atoms with Crippen molar-refractivity contribution in [3.8, 4) is 5.75 Å². The number of halogens is 3. The van der Waals surface area contributed by atoms with E-state index in [9.17, 15) is 24.0 Å². The zero-order valence-corrected chi connectivity index (χ0v) is 11.2. The quantitative estimate of drug-likeness (QED) is 0.664. The largest absolute Gasteiger partial charge is 0.506 e. The second-order valence-electron chi connectivity index (χ2n) is 4.14. The molecule has 0 aliphatic heterocycles. The van der Waals surface area contributed by atoms with Gasteiger partial charge in [0, 0.05) is 24.2 Å². The van der Waals surface area contributed by atoms with Gasteiger partial charge in [0.1, 0.15) is 11.6 Å². The van der Waals surface area contributed by atoms with Gasteiger partial charge in [-0.05, 0) is 6.07 Å². The molecule has 0 saturated carbocycles. The van der Waals surface area contributed by atoms with Crippen LogP contribution in [0.2, 0.25) is 5.02 Å². The van der Waals surface area contributed by atoms with E-state index < -0.39 is 22.2 Å². The Hall–Kier alpha value is -2.41. The van der Waals surface area contributed by atoms with Gasteiger partial charge in [0.25, 0.3) is 0 Å². The van der Waals surface area contributed by atoms with Crippen LogP contribution >= 0.6 is 11.6 Å². The zero-order chi connectivity index (χ0) is 15.6. The number of para-hydroxylation sites is 1. The molecule has 0 heterocycles. The molecule has 2 aromatic carbocycles. The smallest absolute Gasteiger partial charge is 0.307 e. The van der Waals surface area contributed by atoms with E-state index in [1.54, 1.807) is 12.1 Å². The molecule has 0 aliphatic rings. The molecule has 21 heavy (non-hydrogen) atoms. The van der Waals surface area contributed by atoms with E-state index in [2.05, 4.69) is 5.32 Å². The number of aromatic hydroxyl groups is 1. The van der Waals surface area contributed by atoms with Crippen LogP contribution < -0.4 is 5.32 Å². The normalized spacial score (nSPS) is 10.4. The third kappa shape index (κ3) is 3.19. The van der Waals surface area contributed by atoms with Crippen molar-refractivity contribution in [1.29, 1.82) is 0 Å². The van der Waals surface area contributed by atoms with Crippen LogP contribution in [0.4, 0.5) is 20.2 Å². The topological polar surface area (TPSA) is 75.4 Å². The van der Waals surface area contributed by atoms with Gasteiger partial charge in [-0.25, -0.2) is 4.39 Å². The van der Waals surface area contributed by atoms with Crippen LogP contribution in [0, 0.1) is 21.7 Å². The molecule has 8 heteroatoms. The first-order valence-electron chi connectivity index (χ1n) is 5.74. The number of nitro groups is 1. The maximum absolute atomic E-state index is 13.6. The Labute approximate surface area is 122 Å². The zero-order valence-electron chi connectivity index (χ0n) is 10.4. The highest BCUT2D eigenvalue weighted by molar-refractivity contribution is 6.32. The van der Waals surface area contributed by atoms with Crippen molar-refractivity contribution in [2.45, 2.75) is 6.54 Å². The van der Waals surface area contributed by atoms with E-state index in [1.165, 1.54) is 6.07 Å². The minimum atomic E-state index is -1.26. The van der Waals surface area contributed by atoms with Crippen molar-refractivity contribution in [3.05, 3.63) is 62.7 Å². The summed E-state index contributed by atoms with van der Waals surface area (Å²) in [5, 5.41) is 23.0. The van der Waals surface area contributed by atoms with E-state index in [-0.39, 0.29) is 23.0 Å². The second kappa shape index (κ2) is 5.92. The number of nitrogens with one attached hydrogen (secondary N) is 1. The van der Waals surface area contributed by atoms with Crippen LogP contribution in [-0.4, -0.2) is 10.0 Å². The number of hydrogen-bond acceptors (Lipinski definition) is 4. The maximum atomic E-state index is 13.6. The monoisotopic (exact) mass is 314 g/mol. The van der Waals surface area contributed by atoms with Crippen molar-refractivity contribution >= 4 is 23.0 Å². The predicted octanol–water partition coefficient (Wildman–Crippen LogP) is 3.84. The summed E-state index contributed by atoms with van der Waals surface area (Å²) in [5.41, 5.74) is -0.717. The molecule has 0 amide bonds. The van der Waals surface area contributed by atoms with Gasteiger partial charge >= 0.3 is 5.69 Å². The fraction of sp³-hybridized carbons (Fsp3) is 0.0769. The molecule has 2 N–H and O–H groups in total. The van der Waals surface area contributed by atoms with Crippen LogP contribution in [0.15, 0.2) is 30.3 Å². The Morgan fingerprint density at radius 1 is 1.29 bits per heavy atom. The highest BCUT2D eigenvalue weighted by Crippen LogP contribution is 2.29. The van der Waals surface area contributed by atoms with Gasteiger partial charge in [0.2, 0.25) is 5.82 Å². The Morgan fingerprint density at radius 2 is 2.00 bits per heavy atom. The highest BCUT2D eigenvalue weighted by atomic mass is 35.5. The SMILES string of the molecule is O=[N+]([O-])c1cc(NCc2cccc(Cl)c2O)c(F)cc1F. The summed E-state index contributed by atoms with van der Waals surface area (Å²) in [5.74, 6) is -2.41. The predicted molar refractivity (Wildman–Crippen MR) is 73.5 cm³/mol. The number of hydrogen-bond donors (Lipinski definition) is 2. The number of phenolic OH excluding ortho intramolecular Hbond substituents is 1. The van der Waals surface area contributed by atoms with Crippen molar-refractivity contribution in [1.82, 2.24) is 0 Å². The molecule has 0 saturated heterocycles. The molecule has 2 rings (SSSR count). The van der Waals surface area contributed by atoms with Crippen molar-refractivity contribution < 1.29 is 18.8 Å². The number of nitrogens with zero attached hydrogens (tertiary/aromatic N) is 1. The Balaban J connectivity index is 2.26. The number of phenols is 1. The molecule has 2 aromatic rings. The number of nitro benzene ring substituents is 1. The first-order valence-corrected chi connectivity index (χ1v) is 6.11. The fourth-order valence-corrected chi connectivity index (χ4v) is 1.90. The molecule has 0 aromatic heterocycles. The number of benzene rings is 2. The summed E-state index contributed by atoms with van der Waals surface area (Å²) in [6.45, 7) is -0.0356. The van der Waals surface area contributed by atoms with Crippen LogP contribution in [0.1, 0.15) is 5.56 Å². The first kappa shape index (κ1) is 15.0. The van der Waals surface area contributed by atoms with Crippen molar-refractivity contribution in [2.75, 3.05) is 5.32 Å². The minimum Gasteiger partial charge on any atom is -0.506 e. The summed E-state index contributed by atoms with van der Waals surface area (Å²) in [4.78, 5) is 9.67. The molecule has 0 radical (unpaired) electrons. The average molecular weight is 315 g/mol. The van der Waals surface area contributed by atoms with Gasteiger partial charge in [-0.1, -0.05) is 23.7 Å². The van der Waals surface area contributed by atoms with E-state index in [1.807, 2.05) is 0 Å². The lowest BCUT2D eigenvalue weighted by Gasteiger charge is -2.10. The highest BCUT2D eigenvalue weighted by Gasteiger charge is 2.18. The summed E-state index contributed by atoms with van der Waals surface area (Å²) in [6, 6.07) is 5.79. The summed E-state index contributed by atoms with van der Waals surface area (Å²) in [7, 11) is 0. The van der Waals surface area contributed by atoms with Crippen molar-refractivity contribution in [2.24, 2.45) is 0 Å². The van der Waals surface area contributed by atoms with Crippen LogP contribution in [0.3, 0.4) is 0 Å². The van der Waals surface area contributed by atoms with Crippen LogP contribution in [0.5, 0.6) is 5.75 Å². The molecule has 5 nitrogen and oxygen atoms in total. The molecule has 0 atom stereocenters. The Bertz CT molecular complexity index is 710. The van der Waals surface area contributed by atoms with Gasteiger partial charge in [-0.3, -0.25) is 10.1 Å². The molecule has 0 bridgehead atoms. The van der Waals surface area contributed by atoms with E-state index >= 15 is 0 Å². The lowest BCUT2D eigenvalue weighted by atomic mass is 10.2. The molecule has 0 fully saturated rings. The number of anilines is 1. The third-order valence-electron chi connectivity index (χ3n) is 2.77. The first-order chi connectivity index (χ1) is 9.90. The third-order valence-corrected chi connectivity index (χ3v) is 3.08. The van der Waals surface area contributed by atoms with E-state index in [0.717, 1.165) is 6.07 Å². The average Bonchev–Trinajstić information content (AvgIpc) is 2.41. The molecular formula is C13H9ClF2N2O3. The van der Waals surface area contributed by atoms with E-state index in [0.29, 0.717) is 11.6 Å². The standard InChI is InChI=1S/C13H9ClF2N2O3/c14-8-3-1-2-7(13(8)19)6-17-11-5-12(18(20)21)10(16)4-9(11)15/h1-5,17,19H,6H2. The van der Waals surface area contributed by atoms with Crippen LogP contribution in [-0.2, 0) is 6.54 Å². The van der Waals surface area contributed by atoms with Gasteiger partial charge in [-0.15, -0.1) is 0 Å². The van der Waals surface area contributed by atoms with Crippen molar-refractivity contribution in [3.63, 3.8) is 0 Å². The summed E-state index contributed by atoms with van der Waals surface area (Å²) >= 11 is 5.72. The molecule has 0 unspecified atom stereocenters. The fourth-order valence-electron chi connectivity index (χ4n) is 1.71. The Morgan fingerprint density at radius 3 is 2.67 bits per heavy atom. The molecule has 0 spiro atoms. The van der Waals surface area contributed by atoms with E-state index in [4.69, 9.17) is 11.6 Å². The molecular weight excluding hydrogens is 306 g/mol. The van der Waals surface area contributed by atoms with Gasteiger partial charge in [-0.2, -0.15) is 4.39 Å².